The Morgan fingerprint density at radius 2 is 1.92 bits per heavy atom. The summed E-state index contributed by atoms with van der Waals surface area (Å²) in [4.78, 5) is 6.96. The van der Waals surface area contributed by atoms with Crippen LogP contribution in [0.25, 0.3) is 10.9 Å². The molecule has 0 radical (unpaired) electrons. The number of hydrogen-bond donors (Lipinski definition) is 1. The zero-order valence-corrected chi connectivity index (χ0v) is 22.8. The minimum atomic E-state index is -3.62. The number of rotatable bonds is 10. The van der Waals surface area contributed by atoms with Crippen LogP contribution in [0.5, 0.6) is 11.5 Å². The van der Waals surface area contributed by atoms with Crippen LogP contribution >= 0.6 is 0 Å². The third-order valence-electron chi connectivity index (χ3n) is 6.91. The highest BCUT2D eigenvalue weighted by atomic mass is 32.2. The standard InChI is InChI=1S/C28H36FN3O4S/c1-19(2)37(33,34)31-26-18-22(17-24(29)28(26)35-4)16-21-10-12-32(13-11-21)14-15-36-27-7-5-6-25-23(27)9-8-20(3)30-25/h5-9,17-19,21,31H,10-16H2,1-4H3. The van der Waals surface area contributed by atoms with E-state index in [1.165, 1.54) is 13.2 Å². The van der Waals surface area contributed by atoms with Crippen molar-refractivity contribution in [2.75, 3.05) is 38.1 Å². The molecule has 0 bridgehead atoms. The van der Waals surface area contributed by atoms with Crippen LogP contribution in [0.2, 0.25) is 0 Å². The number of piperidine rings is 1. The lowest BCUT2D eigenvalue weighted by molar-refractivity contribution is 0.155. The van der Waals surface area contributed by atoms with E-state index in [0.717, 1.165) is 60.4 Å². The molecule has 37 heavy (non-hydrogen) atoms. The van der Waals surface area contributed by atoms with Crippen molar-refractivity contribution in [2.45, 2.75) is 45.3 Å². The van der Waals surface area contributed by atoms with Gasteiger partial charge in [0.15, 0.2) is 11.6 Å². The van der Waals surface area contributed by atoms with Gasteiger partial charge in [-0.15, -0.1) is 0 Å². The van der Waals surface area contributed by atoms with E-state index in [2.05, 4.69) is 20.7 Å². The van der Waals surface area contributed by atoms with Crippen LogP contribution in [-0.4, -0.2) is 56.9 Å². The smallest absolute Gasteiger partial charge is 0.235 e. The summed E-state index contributed by atoms with van der Waals surface area (Å²) in [5.74, 6) is 0.604. The highest BCUT2D eigenvalue weighted by molar-refractivity contribution is 7.93. The highest BCUT2D eigenvalue weighted by Crippen LogP contribution is 2.33. The molecule has 0 aliphatic carbocycles. The van der Waals surface area contributed by atoms with E-state index >= 15 is 0 Å². The van der Waals surface area contributed by atoms with E-state index in [1.807, 2.05) is 31.2 Å². The Morgan fingerprint density at radius 3 is 2.62 bits per heavy atom. The Morgan fingerprint density at radius 1 is 1.16 bits per heavy atom. The Bertz CT molecular complexity index is 1340. The molecule has 2 aromatic carbocycles. The number of fused-ring (bicyclic) bond motifs is 1. The second-order valence-corrected chi connectivity index (χ2v) is 12.2. The largest absolute Gasteiger partial charge is 0.492 e. The second-order valence-electron chi connectivity index (χ2n) is 9.97. The molecule has 0 unspecified atom stereocenters. The van der Waals surface area contributed by atoms with E-state index in [9.17, 15) is 12.8 Å². The van der Waals surface area contributed by atoms with Gasteiger partial charge in [0.2, 0.25) is 10.0 Å². The van der Waals surface area contributed by atoms with E-state index in [1.54, 1.807) is 19.9 Å². The van der Waals surface area contributed by atoms with Gasteiger partial charge in [-0.3, -0.25) is 14.6 Å². The fourth-order valence-corrected chi connectivity index (χ4v) is 5.40. The number of sulfonamides is 1. The normalized spacial score (nSPS) is 15.3. The van der Waals surface area contributed by atoms with Crippen molar-refractivity contribution in [1.29, 1.82) is 0 Å². The Hall–Kier alpha value is -2.91. The van der Waals surface area contributed by atoms with Gasteiger partial charge < -0.3 is 9.47 Å². The first-order chi connectivity index (χ1) is 17.7. The number of ether oxygens (including phenoxy) is 2. The zero-order chi connectivity index (χ0) is 26.6. The zero-order valence-electron chi connectivity index (χ0n) is 22.0. The molecule has 1 aliphatic rings. The van der Waals surface area contributed by atoms with Gasteiger partial charge in [0.05, 0.1) is 23.6 Å². The molecule has 0 spiro atoms. The summed E-state index contributed by atoms with van der Waals surface area (Å²) >= 11 is 0. The lowest BCUT2D eigenvalue weighted by Crippen LogP contribution is -2.37. The molecule has 0 amide bonds. The number of aromatic nitrogens is 1. The summed E-state index contributed by atoms with van der Waals surface area (Å²) in [7, 11) is -2.28. The molecule has 3 aromatic rings. The number of halogens is 1. The molecule has 1 fully saturated rings. The predicted octanol–water partition coefficient (Wildman–Crippen LogP) is 5.17. The van der Waals surface area contributed by atoms with E-state index in [0.29, 0.717) is 18.9 Å². The molecule has 200 valence electrons. The van der Waals surface area contributed by atoms with Gasteiger partial charge in [-0.25, -0.2) is 12.8 Å². The number of hydrogen-bond acceptors (Lipinski definition) is 6. The molecule has 2 heterocycles. The van der Waals surface area contributed by atoms with Crippen molar-refractivity contribution in [1.82, 2.24) is 9.88 Å². The molecule has 1 aliphatic heterocycles. The number of methoxy groups -OCH3 is 1. The molecule has 9 heteroatoms. The lowest BCUT2D eigenvalue weighted by atomic mass is 9.90. The van der Waals surface area contributed by atoms with Crippen LogP contribution in [0, 0.1) is 18.7 Å². The SMILES string of the molecule is COc1c(F)cc(CC2CCN(CCOc3cccc4nc(C)ccc34)CC2)cc1NS(=O)(=O)C(C)C. The number of nitrogens with one attached hydrogen (secondary N) is 1. The lowest BCUT2D eigenvalue weighted by Gasteiger charge is -2.32. The quantitative estimate of drug-likeness (QED) is 0.390. The Kier molecular flexibility index (Phi) is 8.54. The van der Waals surface area contributed by atoms with Crippen LogP contribution in [0.15, 0.2) is 42.5 Å². The molecule has 1 aromatic heterocycles. The van der Waals surface area contributed by atoms with Crippen molar-refractivity contribution in [3.63, 3.8) is 0 Å². The summed E-state index contributed by atoms with van der Waals surface area (Å²) in [6.45, 7) is 8.45. The minimum absolute atomic E-state index is 0.0834. The molecule has 4 rings (SSSR count). The van der Waals surface area contributed by atoms with Gasteiger partial charge in [-0.1, -0.05) is 6.07 Å². The van der Waals surface area contributed by atoms with Gasteiger partial charge in [-0.2, -0.15) is 0 Å². The van der Waals surface area contributed by atoms with Crippen molar-refractivity contribution in [2.24, 2.45) is 5.92 Å². The maximum absolute atomic E-state index is 14.7. The van der Waals surface area contributed by atoms with Crippen LogP contribution in [0.4, 0.5) is 10.1 Å². The van der Waals surface area contributed by atoms with Gasteiger partial charge in [0, 0.05) is 17.6 Å². The number of benzene rings is 2. The van der Waals surface area contributed by atoms with Gasteiger partial charge in [-0.05, 0) is 101 Å². The molecular formula is C28H36FN3O4S. The number of aryl methyl sites for hydroxylation is 1. The molecule has 0 saturated carbocycles. The number of nitrogens with zero attached hydrogens (tertiary/aromatic N) is 2. The molecule has 1 saturated heterocycles. The summed E-state index contributed by atoms with van der Waals surface area (Å²) < 4.78 is 53.2. The predicted molar refractivity (Wildman–Crippen MR) is 145 cm³/mol. The molecule has 7 nitrogen and oxygen atoms in total. The van der Waals surface area contributed by atoms with E-state index in [-0.39, 0.29) is 11.4 Å². The maximum atomic E-state index is 14.7. The van der Waals surface area contributed by atoms with Crippen molar-refractivity contribution >= 4 is 26.6 Å². The fraction of sp³-hybridized carbons (Fsp3) is 0.464. The fourth-order valence-electron chi connectivity index (χ4n) is 4.71. The van der Waals surface area contributed by atoms with E-state index < -0.39 is 21.1 Å². The number of pyridine rings is 1. The second kappa shape index (κ2) is 11.6. The first-order valence-corrected chi connectivity index (χ1v) is 14.3. The average molecular weight is 530 g/mol. The van der Waals surface area contributed by atoms with Gasteiger partial charge in [0.1, 0.15) is 12.4 Å². The van der Waals surface area contributed by atoms with Gasteiger partial charge in [0.25, 0.3) is 0 Å². The summed E-state index contributed by atoms with van der Waals surface area (Å²) in [6, 6.07) is 13.1. The summed E-state index contributed by atoms with van der Waals surface area (Å²) in [5.41, 5.74) is 2.84. The monoisotopic (exact) mass is 529 g/mol. The van der Waals surface area contributed by atoms with Crippen LogP contribution in [0.1, 0.15) is 37.9 Å². The van der Waals surface area contributed by atoms with Crippen LogP contribution in [0.3, 0.4) is 0 Å². The van der Waals surface area contributed by atoms with Crippen LogP contribution < -0.4 is 14.2 Å². The maximum Gasteiger partial charge on any atom is 0.235 e. The number of likely N-dealkylation sites (tertiary alicyclic amines) is 1. The van der Waals surface area contributed by atoms with Crippen molar-refractivity contribution in [3.8, 4) is 11.5 Å². The first-order valence-electron chi connectivity index (χ1n) is 12.8. The Balaban J connectivity index is 1.31. The third kappa shape index (κ3) is 6.70. The highest BCUT2D eigenvalue weighted by Gasteiger charge is 2.23. The van der Waals surface area contributed by atoms with Crippen LogP contribution in [-0.2, 0) is 16.4 Å². The average Bonchev–Trinajstić information content (AvgIpc) is 2.84. The van der Waals surface area contributed by atoms with E-state index in [4.69, 9.17) is 9.47 Å². The van der Waals surface area contributed by atoms with Crippen molar-refractivity contribution < 1.29 is 22.3 Å². The Labute approximate surface area is 219 Å². The first kappa shape index (κ1) is 27.1. The summed E-state index contributed by atoms with van der Waals surface area (Å²) in [6.07, 6.45) is 2.65. The third-order valence-corrected chi connectivity index (χ3v) is 8.65. The van der Waals surface area contributed by atoms with Crippen molar-refractivity contribution in [3.05, 3.63) is 59.5 Å². The topological polar surface area (TPSA) is 80.8 Å². The molecular weight excluding hydrogens is 493 g/mol. The number of anilines is 1. The van der Waals surface area contributed by atoms with Gasteiger partial charge >= 0.3 is 0 Å². The summed E-state index contributed by atoms with van der Waals surface area (Å²) in [5, 5.41) is 0.382. The minimum Gasteiger partial charge on any atom is -0.492 e. The molecule has 0 atom stereocenters. The molecule has 1 N–H and O–H groups in total.